The smallest absolute Gasteiger partial charge is 0.322 e. The standard InChI is InChI=1S/C21H21N3O5/c1-13-2-4-15(5-3-13)21(19(27)22-20(28)23-21)12-24-11-14-10-16(29-9-8-25)6-7-17(14)18(24)26/h2-7,10,25H,8-9,11-12H2,1H3,(H2,22,23,27,28)/t21-/m0/s1. The van der Waals surface area contributed by atoms with Gasteiger partial charge in [0.2, 0.25) is 0 Å². The normalized spacial score (nSPS) is 20.5. The molecule has 0 aromatic heterocycles. The number of nitrogens with one attached hydrogen (secondary N) is 2. The lowest BCUT2D eigenvalue weighted by Gasteiger charge is -2.31. The van der Waals surface area contributed by atoms with Crippen LogP contribution in [0.2, 0.25) is 0 Å². The van der Waals surface area contributed by atoms with Gasteiger partial charge < -0.3 is 20.1 Å². The van der Waals surface area contributed by atoms with Crippen molar-refractivity contribution in [1.82, 2.24) is 15.5 Å². The van der Waals surface area contributed by atoms with Gasteiger partial charge in [0.1, 0.15) is 12.4 Å². The van der Waals surface area contributed by atoms with Crippen LogP contribution in [0.3, 0.4) is 0 Å². The second-order valence-corrected chi connectivity index (χ2v) is 7.23. The number of benzene rings is 2. The highest BCUT2D eigenvalue weighted by atomic mass is 16.5. The number of amides is 4. The number of carbonyl (C=O) groups excluding carboxylic acids is 3. The van der Waals surface area contributed by atoms with Crippen molar-refractivity contribution in [3.8, 4) is 5.75 Å². The minimum absolute atomic E-state index is 0.00791. The number of urea groups is 1. The fourth-order valence-electron chi connectivity index (χ4n) is 3.76. The van der Waals surface area contributed by atoms with Gasteiger partial charge in [-0.15, -0.1) is 0 Å². The number of carbonyl (C=O) groups is 3. The molecule has 0 aliphatic carbocycles. The number of aliphatic hydroxyl groups is 1. The molecule has 150 valence electrons. The molecule has 8 nitrogen and oxygen atoms in total. The average Bonchev–Trinajstić information content (AvgIpc) is 3.16. The van der Waals surface area contributed by atoms with Crippen molar-refractivity contribution < 1.29 is 24.2 Å². The lowest BCUT2D eigenvalue weighted by molar-refractivity contribution is -0.124. The summed E-state index contributed by atoms with van der Waals surface area (Å²) in [6.45, 7) is 2.30. The summed E-state index contributed by atoms with van der Waals surface area (Å²) in [5, 5.41) is 13.9. The number of hydrogen-bond acceptors (Lipinski definition) is 5. The zero-order valence-corrected chi connectivity index (χ0v) is 15.9. The van der Waals surface area contributed by atoms with E-state index in [1.807, 2.05) is 19.1 Å². The van der Waals surface area contributed by atoms with E-state index in [2.05, 4.69) is 10.6 Å². The van der Waals surface area contributed by atoms with Gasteiger partial charge in [-0.2, -0.15) is 0 Å². The van der Waals surface area contributed by atoms with Crippen LogP contribution < -0.4 is 15.4 Å². The van der Waals surface area contributed by atoms with Crippen molar-refractivity contribution in [2.75, 3.05) is 19.8 Å². The fourth-order valence-corrected chi connectivity index (χ4v) is 3.76. The highest BCUT2D eigenvalue weighted by Crippen LogP contribution is 2.32. The lowest BCUT2D eigenvalue weighted by Crippen LogP contribution is -2.52. The highest BCUT2D eigenvalue weighted by molar-refractivity contribution is 6.08. The molecule has 2 aliphatic rings. The zero-order valence-electron chi connectivity index (χ0n) is 15.9. The summed E-state index contributed by atoms with van der Waals surface area (Å²) >= 11 is 0. The van der Waals surface area contributed by atoms with Gasteiger partial charge in [0.15, 0.2) is 5.54 Å². The summed E-state index contributed by atoms with van der Waals surface area (Å²) in [5.74, 6) is -0.135. The molecule has 2 aromatic carbocycles. The van der Waals surface area contributed by atoms with Crippen molar-refractivity contribution >= 4 is 17.8 Å². The first-order chi connectivity index (χ1) is 13.9. The van der Waals surface area contributed by atoms with E-state index >= 15 is 0 Å². The molecule has 8 heteroatoms. The Morgan fingerprint density at radius 1 is 1.14 bits per heavy atom. The Kier molecular flexibility index (Phi) is 4.71. The Hall–Kier alpha value is -3.39. The van der Waals surface area contributed by atoms with Crippen molar-refractivity contribution in [3.05, 3.63) is 64.7 Å². The molecule has 0 bridgehead atoms. The summed E-state index contributed by atoms with van der Waals surface area (Å²) in [6.07, 6.45) is 0. The molecule has 2 aromatic rings. The number of rotatable bonds is 6. The van der Waals surface area contributed by atoms with Crippen molar-refractivity contribution in [3.63, 3.8) is 0 Å². The van der Waals surface area contributed by atoms with Gasteiger partial charge in [-0.25, -0.2) is 4.79 Å². The van der Waals surface area contributed by atoms with Gasteiger partial charge in [0.05, 0.1) is 13.2 Å². The van der Waals surface area contributed by atoms with Crippen LogP contribution in [-0.2, 0) is 16.9 Å². The van der Waals surface area contributed by atoms with E-state index in [4.69, 9.17) is 9.84 Å². The first kappa shape index (κ1) is 18.9. The summed E-state index contributed by atoms with van der Waals surface area (Å²) < 4.78 is 5.41. The molecule has 2 aliphatic heterocycles. The minimum Gasteiger partial charge on any atom is -0.491 e. The lowest BCUT2D eigenvalue weighted by atomic mass is 9.88. The number of imide groups is 1. The Bertz CT molecular complexity index is 988. The molecule has 0 unspecified atom stereocenters. The number of aliphatic hydroxyl groups excluding tert-OH is 1. The molecule has 1 atom stereocenters. The van der Waals surface area contributed by atoms with Crippen LogP contribution in [0.25, 0.3) is 0 Å². The molecule has 0 saturated carbocycles. The van der Waals surface area contributed by atoms with E-state index in [1.165, 1.54) is 0 Å². The van der Waals surface area contributed by atoms with Gasteiger partial charge in [-0.1, -0.05) is 29.8 Å². The SMILES string of the molecule is Cc1ccc([C@]2(CN3Cc4cc(OCCO)ccc4C3=O)NC(=O)NC2=O)cc1. The van der Waals surface area contributed by atoms with Crippen molar-refractivity contribution in [2.24, 2.45) is 0 Å². The first-order valence-corrected chi connectivity index (χ1v) is 9.29. The van der Waals surface area contributed by atoms with Gasteiger partial charge in [0, 0.05) is 12.1 Å². The van der Waals surface area contributed by atoms with E-state index < -0.39 is 17.5 Å². The Balaban J connectivity index is 1.63. The third-order valence-corrected chi connectivity index (χ3v) is 5.23. The molecule has 4 rings (SSSR count). The maximum absolute atomic E-state index is 12.9. The quantitative estimate of drug-likeness (QED) is 0.634. The van der Waals surface area contributed by atoms with Gasteiger partial charge in [0.25, 0.3) is 11.8 Å². The van der Waals surface area contributed by atoms with Gasteiger partial charge >= 0.3 is 6.03 Å². The molecule has 0 radical (unpaired) electrons. The molecule has 2 heterocycles. The highest BCUT2D eigenvalue weighted by Gasteiger charge is 2.50. The third kappa shape index (κ3) is 3.31. The van der Waals surface area contributed by atoms with Crippen molar-refractivity contribution in [1.29, 1.82) is 0 Å². The van der Waals surface area contributed by atoms with Crippen LogP contribution in [0, 0.1) is 6.92 Å². The van der Waals surface area contributed by atoms with Gasteiger partial charge in [-0.3, -0.25) is 14.9 Å². The van der Waals surface area contributed by atoms with Crippen LogP contribution in [0.15, 0.2) is 42.5 Å². The number of aryl methyl sites for hydroxylation is 1. The van der Waals surface area contributed by atoms with E-state index in [-0.39, 0.29) is 25.7 Å². The van der Waals surface area contributed by atoms with E-state index in [0.717, 1.165) is 11.1 Å². The van der Waals surface area contributed by atoms with Crippen LogP contribution in [0.5, 0.6) is 5.75 Å². The first-order valence-electron chi connectivity index (χ1n) is 9.29. The summed E-state index contributed by atoms with van der Waals surface area (Å²) in [6, 6.07) is 11.8. The zero-order chi connectivity index (χ0) is 20.6. The topological polar surface area (TPSA) is 108 Å². The van der Waals surface area contributed by atoms with E-state index in [9.17, 15) is 14.4 Å². The van der Waals surface area contributed by atoms with Crippen LogP contribution in [-0.4, -0.2) is 47.6 Å². The monoisotopic (exact) mass is 395 g/mol. The second-order valence-electron chi connectivity index (χ2n) is 7.23. The molecular weight excluding hydrogens is 374 g/mol. The second kappa shape index (κ2) is 7.21. The van der Waals surface area contributed by atoms with Gasteiger partial charge in [-0.05, 0) is 36.2 Å². The molecule has 0 spiro atoms. The summed E-state index contributed by atoms with van der Waals surface area (Å²) in [5.41, 5.74) is 1.59. The van der Waals surface area contributed by atoms with Crippen molar-refractivity contribution in [2.45, 2.75) is 19.0 Å². The fraction of sp³-hybridized carbons (Fsp3) is 0.286. The molecule has 4 amide bonds. The summed E-state index contributed by atoms with van der Waals surface area (Å²) in [4.78, 5) is 39.2. The van der Waals surface area contributed by atoms with Crippen LogP contribution in [0.1, 0.15) is 27.0 Å². The number of ether oxygens (including phenoxy) is 1. The molecular formula is C21H21N3O5. The Morgan fingerprint density at radius 3 is 2.55 bits per heavy atom. The maximum Gasteiger partial charge on any atom is 0.322 e. The van der Waals surface area contributed by atoms with E-state index in [0.29, 0.717) is 23.4 Å². The van der Waals surface area contributed by atoms with Crippen LogP contribution in [0.4, 0.5) is 4.79 Å². The minimum atomic E-state index is -1.35. The molecule has 29 heavy (non-hydrogen) atoms. The predicted octanol–water partition coefficient (Wildman–Crippen LogP) is 1.06. The predicted molar refractivity (Wildman–Crippen MR) is 103 cm³/mol. The largest absolute Gasteiger partial charge is 0.491 e. The Morgan fingerprint density at radius 2 is 1.90 bits per heavy atom. The molecule has 1 fully saturated rings. The third-order valence-electron chi connectivity index (χ3n) is 5.23. The summed E-state index contributed by atoms with van der Waals surface area (Å²) in [7, 11) is 0. The molecule has 3 N–H and O–H groups in total. The Labute approximate surface area is 167 Å². The number of nitrogens with zero attached hydrogens (tertiary/aromatic N) is 1. The average molecular weight is 395 g/mol. The number of fused-ring (bicyclic) bond motifs is 1. The number of hydrogen-bond donors (Lipinski definition) is 3. The van der Waals surface area contributed by atoms with E-state index in [1.54, 1.807) is 35.2 Å². The van der Waals surface area contributed by atoms with Crippen LogP contribution >= 0.6 is 0 Å². The maximum atomic E-state index is 12.9. The molecule has 1 saturated heterocycles.